The van der Waals surface area contributed by atoms with E-state index in [4.69, 9.17) is 9.47 Å². The van der Waals surface area contributed by atoms with Crippen LogP contribution in [0.4, 0.5) is 0 Å². The maximum atomic E-state index is 11.8. The second-order valence-electron chi connectivity index (χ2n) is 10.0. The van der Waals surface area contributed by atoms with Crippen LogP contribution in [0.1, 0.15) is 89.5 Å². The summed E-state index contributed by atoms with van der Waals surface area (Å²) in [5.74, 6) is -2.61. The van der Waals surface area contributed by atoms with Gasteiger partial charge in [0.15, 0.2) is 0 Å². The van der Waals surface area contributed by atoms with Crippen molar-refractivity contribution in [1.29, 1.82) is 0 Å². The van der Waals surface area contributed by atoms with E-state index < -0.39 is 30.0 Å². The number of carbonyl (C=O) groups is 3. The van der Waals surface area contributed by atoms with E-state index in [1.54, 1.807) is 6.92 Å². The summed E-state index contributed by atoms with van der Waals surface area (Å²) in [5.41, 5.74) is 0.833. The van der Waals surface area contributed by atoms with Gasteiger partial charge >= 0.3 is 11.9 Å². The van der Waals surface area contributed by atoms with Crippen molar-refractivity contribution in [2.45, 2.75) is 115 Å². The van der Waals surface area contributed by atoms with Crippen molar-refractivity contribution >= 4 is 17.9 Å². The van der Waals surface area contributed by atoms with E-state index in [0.717, 1.165) is 17.6 Å². The van der Waals surface area contributed by atoms with E-state index >= 15 is 0 Å². The van der Waals surface area contributed by atoms with Crippen LogP contribution < -0.4 is 15.7 Å². The van der Waals surface area contributed by atoms with Crippen molar-refractivity contribution in [3.05, 3.63) is 48.6 Å². The van der Waals surface area contributed by atoms with Crippen LogP contribution in [0.3, 0.4) is 0 Å². The van der Waals surface area contributed by atoms with E-state index in [2.05, 4.69) is 17.2 Å². The molecule has 2 N–H and O–H groups in total. The number of rotatable bonds is 13. The van der Waals surface area contributed by atoms with Crippen LogP contribution in [0.2, 0.25) is 0 Å². The molecule has 8 heteroatoms. The third kappa shape index (κ3) is 12.7. The highest BCUT2D eigenvalue weighted by atomic mass is 16.5. The van der Waals surface area contributed by atoms with Crippen molar-refractivity contribution in [1.82, 2.24) is 10.6 Å². The first-order valence-corrected chi connectivity index (χ1v) is 14.1. The molecule has 0 bridgehead atoms. The minimum atomic E-state index is -1.42. The molecule has 3 rings (SSSR count). The Morgan fingerprint density at radius 3 is 2.05 bits per heavy atom. The van der Waals surface area contributed by atoms with Crippen molar-refractivity contribution in [3.8, 4) is 0 Å². The molecule has 2 atom stereocenters. The molecule has 0 aromatic heterocycles. The lowest BCUT2D eigenvalue weighted by Crippen LogP contribution is -2.51. The van der Waals surface area contributed by atoms with Crippen molar-refractivity contribution in [3.63, 3.8) is 0 Å². The monoisotopic (exact) mass is 529 g/mol. The normalized spacial score (nSPS) is 17.8. The average Bonchev–Trinajstić information content (AvgIpc) is 2.94. The predicted molar refractivity (Wildman–Crippen MR) is 145 cm³/mol. The van der Waals surface area contributed by atoms with Crippen LogP contribution in [0.25, 0.3) is 0 Å². The van der Waals surface area contributed by atoms with Crippen molar-refractivity contribution in [2.24, 2.45) is 0 Å². The quantitative estimate of drug-likeness (QED) is 0.294. The summed E-state index contributed by atoms with van der Waals surface area (Å²) in [7, 11) is 0. The zero-order valence-electron chi connectivity index (χ0n) is 22.8. The second-order valence-corrected chi connectivity index (χ2v) is 10.0. The van der Waals surface area contributed by atoms with Gasteiger partial charge in [0.25, 0.3) is 0 Å². The van der Waals surface area contributed by atoms with Gasteiger partial charge in [-0.2, -0.15) is 0 Å². The summed E-state index contributed by atoms with van der Waals surface area (Å²) in [6.07, 6.45) is 15.6. The minimum Gasteiger partial charge on any atom is -0.548 e. The second kappa shape index (κ2) is 18.5. The zero-order valence-corrected chi connectivity index (χ0v) is 22.8. The maximum absolute atomic E-state index is 11.8. The van der Waals surface area contributed by atoms with Crippen LogP contribution in [0.15, 0.2) is 43.0 Å². The van der Waals surface area contributed by atoms with Crippen LogP contribution in [-0.4, -0.2) is 48.7 Å². The molecule has 0 aliphatic heterocycles. The molecule has 0 heterocycles. The molecule has 2 fully saturated rings. The Morgan fingerprint density at radius 1 is 0.974 bits per heavy atom. The van der Waals surface area contributed by atoms with Crippen LogP contribution in [0.5, 0.6) is 0 Å². The molecule has 8 nitrogen and oxygen atoms in total. The Bertz CT molecular complexity index is 818. The highest BCUT2D eigenvalue weighted by molar-refractivity contribution is 5.80. The molecular weight excluding hydrogens is 484 g/mol. The molecule has 2 aliphatic rings. The number of esters is 2. The Kier molecular flexibility index (Phi) is 15.4. The number of carbonyl (C=O) groups excluding carboxylic acids is 3. The Morgan fingerprint density at radius 2 is 1.55 bits per heavy atom. The summed E-state index contributed by atoms with van der Waals surface area (Å²) >= 11 is 0. The van der Waals surface area contributed by atoms with Gasteiger partial charge in [0.2, 0.25) is 0 Å². The molecule has 0 radical (unpaired) electrons. The number of hydrogen-bond donors (Lipinski definition) is 2. The summed E-state index contributed by atoms with van der Waals surface area (Å²) in [4.78, 5) is 34.6. The first-order valence-electron chi connectivity index (χ1n) is 14.1. The van der Waals surface area contributed by atoms with Crippen molar-refractivity contribution < 1.29 is 29.0 Å². The lowest BCUT2D eigenvalue weighted by molar-refractivity contribution is -0.308. The SMILES string of the molecule is C1CCC(NC2CCCCC2)CC1.C=CC(N[C@@H](CCC(=O)OCc1ccccc1)C(=O)[O-])C(=O)OCC. The van der Waals surface area contributed by atoms with Crippen molar-refractivity contribution in [2.75, 3.05) is 6.61 Å². The molecular formula is C30H45N2O6-. The number of hydrogen-bond acceptors (Lipinski definition) is 8. The smallest absolute Gasteiger partial charge is 0.327 e. The minimum absolute atomic E-state index is 0.0836. The van der Waals surface area contributed by atoms with Gasteiger partial charge in [0, 0.05) is 24.5 Å². The zero-order chi connectivity index (χ0) is 27.6. The Balaban J connectivity index is 0.000000323. The number of carboxylic acids is 1. The van der Waals surface area contributed by atoms with Gasteiger partial charge in [-0.05, 0) is 44.6 Å². The summed E-state index contributed by atoms with van der Waals surface area (Å²) in [6.45, 7) is 5.37. The molecule has 0 saturated heterocycles. The molecule has 1 unspecified atom stereocenters. The Labute approximate surface area is 227 Å². The lowest BCUT2D eigenvalue weighted by Gasteiger charge is -2.30. The molecule has 2 saturated carbocycles. The van der Waals surface area contributed by atoms with Gasteiger partial charge in [-0.25, -0.2) is 0 Å². The number of carboxylic acid groups (broad SMARTS) is 1. The summed E-state index contributed by atoms with van der Waals surface area (Å²) in [6, 6.07) is 8.66. The van der Waals surface area contributed by atoms with Crippen LogP contribution in [-0.2, 0) is 30.5 Å². The molecule has 38 heavy (non-hydrogen) atoms. The standard InChI is InChI=1S/C18H23NO6.C12H23N/c1-3-14(18(23)24-4-2)19-15(17(21)22)10-11-16(20)25-12-13-8-6-5-7-9-13;1-3-7-11(8-4-1)13-12-9-5-2-6-10-12/h3,5-9,14-15,19H,1,4,10-12H2,2H3,(H,21,22);11-13H,1-10H2/p-1/t14?,15-;/m0./s1. The maximum Gasteiger partial charge on any atom is 0.327 e. The predicted octanol–water partition coefficient (Wildman–Crippen LogP) is 3.58. The summed E-state index contributed by atoms with van der Waals surface area (Å²) in [5, 5.41) is 17.6. The molecule has 1 aromatic carbocycles. The molecule has 0 spiro atoms. The van der Waals surface area contributed by atoms with E-state index in [-0.39, 0.29) is 26.1 Å². The van der Waals surface area contributed by atoms with Gasteiger partial charge < -0.3 is 24.7 Å². The third-order valence-electron chi connectivity index (χ3n) is 7.00. The lowest BCUT2D eigenvalue weighted by atomic mass is 9.91. The molecule has 2 aliphatic carbocycles. The third-order valence-corrected chi connectivity index (χ3v) is 7.00. The van der Waals surface area contributed by atoms with Gasteiger partial charge in [-0.1, -0.05) is 74.9 Å². The highest BCUT2D eigenvalue weighted by Crippen LogP contribution is 2.22. The molecule has 0 amide bonds. The fourth-order valence-electron chi connectivity index (χ4n) is 4.89. The number of ether oxygens (including phenoxy) is 2. The van der Waals surface area contributed by atoms with E-state index in [1.807, 2.05) is 30.3 Å². The van der Waals surface area contributed by atoms with E-state index in [1.165, 1.54) is 70.3 Å². The Hall–Kier alpha value is -2.71. The van der Waals surface area contributed by atoms with Gasteiger partial charge in [0.05, 0.1) is 12.6 Å². The topological polar surface area (TPSA) is 117 Å². The first-order chi connectivity index (χ1) is 18.4. The van der Waals surface area contributed by atoms with Gasteiger partial charge in [-0.15, -0.1) is 6.58 Å². The first kappa shape index (κ1) is 31.5. The molecule has 212 valence electrons. The average molecular weight is 530 g/mol. The van der Waals surface area contributed by atoms with Crippen LogP contribution >= 0.6 is 0 Å². The number of benzene rings is 1. The van der Waals surface area contributed by atoms with Gasteiger partial charge in [0.1, 0.15) is 12.6 Å². The summed E-state index contributed by atoms with van der Waals surface area (Å²) < 4.78 is 9.89. The number of aliphatic carboxylic acids is 1. The fourth-order valence-corrected chi connectivity index (χ4v) is 4.89. The van der Waals surface area contributed by atoms with Crippen LogP contribution in [0, 0.1) is 0 Å². The fraction of sp³-hybridized carbons (Fsp3) is 0.633. The van der Waals surface area contributed by atoms with E-state index in [0.29, 0.717) is 0 Å². The largest absolute Gasteiger partial charge is 0.548 e. The highest BCUT2D eigenvalue weighted by Gasteiger charge is 2.22. The van der Waals surface area contributed by atoms with Gasteiger partial charge in [-0.3, -0.25) is 14.9 Å². The number of nitrogens with one attached hydrogen (secondary N) is 2. The van der Waals surface area contributed by atoms with E-state index in [9.17, 15) is 19.5 Å². The molecule has 1 aromatic rings.